The molecular formula is C19H16FN3O. The van der Waals surface area contributed by atoms with E-state index >= 15 is 0 Å². The predicted octanol–water partition coefficient (Wildman–Crippen LogP) is 3.51. The van der Waals surface area contributed by atoms with Gasteiger partial charge in [-0.05, 0) is 28.8 Å². The summed E-state index contributed by atoms with van der Waals surface area (Å²) in [4.78, 5) is 20.5. The second-order valence-corrected chi connectivity index (χ2v) is 5.96. The molecule has 1 saturated heterocycles. The normalized spacial score (nSPS) is 19.8. The van der Waals surface area contributed by atoms with Crippen molar-refractivity contribution in [1.29, 1.82) is 0 Å². The zero-order valence-corrected chi connectivity index (χ0v) is 12.9. The van der Waals surface area contributed by atoms with Crippen molar-refractivity contribution in [2.75, 3.05) is 6.54 Å². The van der Waals surface area contributed by atoms with E-state index in [0.717, 1.165) is 28.9 Å². The number of benzene rings is 2. The van der Waals surface area contributed by atoms with E-state index in [1.165, 1.54) is 12.1 Å². The summed E-state index contributed by atoms with van der Waals surface area (Å²) in [6.07, 6.45) is 4.42. The molecule has 2 heterocycles. The molecule has 0 spiro atoms. The molecular weight excluding hydrogens is 305 g/mol. The van der Waals surface area contributed by atoms with E-state index in [1.54, 1.807) is 29.4 Å². The van der Waals surface area contributed by atoms with Gasteiger partial charge in [0.05, 0.1) is 12.0 Å². The number of likely N-dealkylation sites (tertiary alicyclic amines) is 1. The summed E-state index contributed by atoms with van der Waals surface area (Å²) < 4.78 is 13.0. The van der Waals surface area contributed by atoms with Gasteiger partial charge in [-0.2, -0.15) is 0 Å². The van der Waals surface area contributed by atoms with Crippen molar-refractivity contribution in [3.05, 3.63) is 78.1 Å². The third-order valence-corrected chi connectivity index (χ3v) is 4.58. The Morgan fingerprint density at radius 2 is 1.75 bits per heavy atom. The maximum absolute atomic E-state index is 13.0. The molecule has 3 aromatic rings. The van der Waals surface area contributed by atoms with E-state index in [0.29, 0.717) is 6.54 Å². The first-order valence-electron chi connectivity index (χ1n) is 7.82. The van der Waals surface area contributed by atoms with Crippen molar-refractivity contribution >= 4 is 6.41 Å². The van der Waals surface area contributed by atoms with Gasteiger partial charge in [0.2, 0.25) is 6.41 Å². The van der Waals surface area contributed by atoms with Gasteiger partial charge in [-0.3, -0.25) is 4.79 Å². The minimum atomic E-state index is -0.243. The molecule has 5 heteroatoms. The summed E-state index contributed by atoms with van der Waals surface area (Å²) >= 11 is 0. The molecule has 1 N–H and O–H groups in total. The first-order chi connectivity index (χ1) is 11.8. The molecule has 120 valence electrons. The molecule has 2 unspecified atom stereocenters. The number of nitrogens with one attached hydrogen (secondary N) is 1. The standard InChI is InChI=1S/C19H16FN3O/c20-16-7-5-14(6-8-16)13-1-3-15(4-2-13)18-17(11-23(18)12-24)19-21-9-10-22-19/h1-10,12,17-18H,11H2,(H,21,22). The number of halogens is 1. The van der Waals surface area contributed by atoms with Crippen molar-refractivity contribution < 1.29 is 9.18 Å². The van der Waals surface area contributed by atoms with Crippen LogP contribution < -0.4 is 0 Å². The fourth-order valence-electron chi connectivity index (χ4n) is 3.30. The Kier molecular flexibility index (Phi) is 3.61. The lowest BCUT2D eigenvalue weighted by Gasteiger charge is -2.45. The first kappa shape index (κ1) is 14.6. The van der Waals surface area contributed by atoms with E-state index in [-0.39, 0.29) is 17.8 Å². The maximum atomic E-state index is 13.0. The van der Waals surface area contributed by atoms with Gasteiger partial charge in [-0.25, -0.2) is 9.37 Å². The van der Waals surface area contributed by atoms with Gasteiger partial charge >= 0.3 is 0 Å². The monoisotopic (exact) mass is 321 g/mol. The Morgan fingerprint density at radius 1 is 1.08 bits per heavy atom. The molecule has 0 bridgehead atoms. The highest BCUT2D eigenvalue weighted by atomic mass is 19.1. The quantitative estimate of drug-likeness (QED) is 0.748. The van der Waals surface area contributed by atoms with Gasteiger partial charge < -0.3 is 9.88 Å². The number of aromatic amines is 1. The highest BCUT2D eigenvalue weighted by molar-refractivity contribution is 5.64. The van der Waals surface area contributed by atoms with E-state index < -0.39 is 0 Å². The number of H-pyrrole nitrogens is 1. The lowest BCUT2D eigenvalue weighted by atomic mass is 9.83. The zero-order chi connectivity index (χ0) is 16.5. The van der Waals surface area contributed by atoms with Crippen molar-refractivity contribution in [3.8, 4) is 11.1 Å². The number of hydrogen-bond acceptors (Lipinski definition) is 2. The number of imidazole rings is 1. The van der Waals surface area contributed by atoms with Crippen LogP contribution in [-0.2, 0) is 4.79 Å². The van der Waals surface area contributed by atoms with E-state index in [1.807, 2.05) is 24.3 Å². The van der Waals surface area contributed by atoms with Gasteiger partial charge in [-0.15, -0.1) is 0 Å². The third-order valence-electron chi connectivity index (χ3n) is 4.58. The van der Waals surface area contributed by atoms with Crippen LogP contribution in [0.5, 0.6) is 0 Å². The van der Waals surface area contributed by atoms with Crippen molar-refractivity contribution in [2.45, 2.75) is 12.0 Å². The largest absolute Gasteiger partial charge is 0.348 e. The molecule has 0 aliphatic carbocycles. The van der Waals surface area contributed by atoms with Crippen LogP contribution in [0, 0.1) is 5.82 Å². The molecule has 4 nitrogen and oxygen atoms in total. The number of hydrogen-bond donors (Lipinski definition) is 1. The zero-order valence-electron chi connectivity index (χ0n) is 12.9. The predicted molar refractivity (Wildman–Crippen MR) is 88.7 cm³/mol. The van der Waals surface area contributed by atoms with Gasteiger partial charge in [0.1, 0.15) is 11.6 Å². The fourth-order valence-corrected chi connectivity index (χ4v) is 3.30. The molecule has 1 aliphatic heterocycles. The van der Waals surface area contributed by atoms with Crippen molar-refractivity contribution in [1.82, 2.24) is 14.9 Å². The van der Waals surface area contributed by atoms with Crippen LogP contribution in [0.15, 0.2) is 60.9 Å². The lowest BCUT2D eigenvalue weighted by Crippen LogP contribution is -2.47. The van der Waals surface area contributed by atoms with Crippen LogP contribution in [-0.4, -0.2) is 27.8 Å². The first-order valence-corrected chi connectivity index (χ1v) is 7.82. The minimum absolute atomic E-state index is 0.00378. The molecule has 2 aromatic carbocycles. The summed E-state index contributed by atoms with van der Waals surface area (Å²) in [6, 6.07) is 14.5. The summed E-state index contributed by atoms with van der Waals surface area (Å²) in [5, 5.41) is 0. The highest BCUT2D eigenvalue weighted by Gasteiger charge is 2.41. The van der Waals surface area contributed by atoms with Gasteiger partial charge in [0.15, 0.2) is 0 Å². The van der Waals surface area contributed by atoms with Crippen LogP contribution in [0.2, 0.25) is 0 Å². The molecule has 1 amide bonds. The minimum Gasteiger partial charge on any atom is -0.348 e. The summed E-state index contributed by atoms with van der Waals surface area (Å²) in [5.41, 5.74) is 3.05. The highest BCUT2D eigenvalue weighted by Crippen LogP contribution is 2.43. The number of aromatic nitrogens is 2. The fraction of sp³-hybridized carbons (Fsp3) is 0.158. The number of nitrogens with zero attached hydrogens (tertiary/aromatic N) is 2. The average molecular weight is 321 g/mol. The SMILES string of the molecule is O=CN1CC(c2ncc[nH]2)C1c1ccc(-c2ccc(F)cc2)cc1. The number of rotatable bonds is 4. The Hall–Kier alpha value is -2.95. The Labute approximate surface area is 139 Å². The second kappa shape index (κ2) is 5.92. The van der Waals surface area contributed by atoms with Crippen LogP contribution in [0.25, 0.3) is 11.1 Å². The Bertz CT molecular complexity index is 828. The smallest absolute Gasteiger partial charge is 0.210 e. The Morgan fingerprint density at radius 3 is 2.33 bits per heavy atom. The van der Waals surface area contributed by atoms with Gasteiger partial charge in [0, 0.05) is 18.9 Å². The lowest BCUT2D eigenvalue weighted by molar-refractivity contribution is -0.127. The molecule has 0 radical (unpaired) electrons. The number of carbonyl (C=O) groups excluding carboxylic acids is 1. The molecule has 4 rings (SSSR count). The van der Waals surface area contributed by atoms with Crippen LogP contribution in [0.3, 0.4) is 0 Å². The molecule has 24 heavy (non-hydrogen) atoms. The second-order valence-electron chi connectivity index (χ2n) is 5.96. The van der Waals surface area contributed by atoms with Crippen LogP contribution in [0.4, 0.5) is 4.39 Å². The van der Waals surface area contributed by atoms with Gasteiger partial charge in [-0.1, -0.05) is 36.4 Å². The van der Waals surface area contributed by atoms with Crippen LogP contribution >= 0.6 is 0 Å². The van der Waals surface area contributed by atoms with Crippen LogP contribution in [0.1, 0.15) is 23.3 Å². The van der Waals surface area contributed by atoms with Crippen molar-refractivity contribution in [2.24, 2.45) is 0 Å². The van der Waals surface area contributed by atoms with E-state index in [9.17, 15) is 9.18 Å². The average Bonchev–Trinajstić information content (AvgIpc) is 3.10. The van der Waals surface area contributed by atoms with E-state index in [4.69, 9.17) is 0 Å². The molecule has 0 saturated carbocycles. The summed E-state index contributed by atoms with van der Waals surface area (Å²) in [7, 11) is 0. The molecule has 2 atom stereocenters. The van der Waals surface area contributed by atoms with E-state index in [2.05, 4.69) is 9.97 Å². The van der Waals surface area contributed by atoms with Crippen molar-refractivity contribution in [3.63, 3.8) is 0 Å². The maximum Gasteiger partial charge on any atom is 0.210 e. The number of carbonyl (C=O) groups is 1. The summed E-state index contributed by atoms with van der Waals surface area (Å²) in [5.74, 6) is 0.843. The topological polar surface area (TPSA) is 49.0 Å². The third kappa shape index (κ3) is 2.48. The Balaban J connectivity index is 1.61. The summed E-state index contributed by atoms with van der Waals surface area (Å²) in [6.45, 7) is 0.668. The molecule has 1 aliphatic rings. The molecule has 1 aromatic heterocycles. The van der Waals surface area contributed by atoms with Gasteiger partial charge in [0.25, 0.3) is 0 Å². The molecule has 1 fully saturated rings. The number of amides is 1.